The predicted octanol–water partition coefficient (Wildman–Crippen LogP) is 3.23. The third kappa shape index (κ3) is 4.78. The van der Waals surface area contributed by atoms with E-state index >= 15 is 0 Å². The Bertz CT molecular complexity index is 849. The van der Waals surface area contributed by atoms with Crippen LogP contribution in [0.4, 0.5) is 9.18 Å². The summed E-state index contributed by atoms with van der Waals surface area (Å²) in [7, 11) is 0. The first kappa shape index (κ1) is 21.3. The van der Waals surface area contributed by atoms with Gasteiger partial charge < -0.3 is 15.7 Å². The molecule has 29 heavy (non-hydrogen) atoms. The Balaban J connectivity index is 1.60. The summed E-state index contributed by atoms with van der Waals surface area (Å²) < 4.78 is 15.1. The lowest BCUT2D eigenvalue weighted by atomic mass is 9.78. The molecule has 0 aliphatic heterocycles. The normalized spacial score (nSPS) is 21.3. The van der Waals surface area contributed by atoms with Crippen molar-refractivity contribution in [3.8, 4) is 0 Å². The number of urea groups is 1. The van der Waals surface area contributed by atoms with Gasteiger partial charge in [-0.05, 0) is 57.7 Å². The largest absolute Gasteiger partial charge is 0.392 e. The zero-order valence-corrected chi connectivity index (χ0v) is 17.5. The molecule has 0 radical (unpaired) electrons. The number of aryl methyl sites for hydroxylation is 2. The topological polar surface area (TPSA) is 79.2 Å². The highest BCUT2D eigenvalue weighted by molar-refractivity contribution is 5.74. The second-order valence-corrected chi connectivity index (χ2v) is 8.08. The average molecular weight is 403 g/mol. The van der Waals surface area contributed by atoms with Crippen LogP contribution in [0.2, 0.25) is 0 Å². The van der Waals surface area contributed by atoms with E-state index in [2.05, 4.69) is 15.7 Å². The summed E-state index contributed by atoms with van der Waals surface area (Å²) in [6.45, 7) is 7.58. The van der Waals surface area contributed by atoms with E-state index in [9.17, 15) is 14.3 Å². The van der Waals surface area contributed by atoms with Gasteiger partial charge in [-0.2, -0.15) is 5.10 Å². The van der Waals surface area contributed by atoms with Crippen LogP contribution < -0.4 is 10.6 Å². The molecule has 6 nitrogen and oxygen atoms in total. The molecular formula is C22H31FN4O2. The summed E-state index contributed by atoms with van der Waals surface area (Å²) >= 11 is 0. The number of nitrogens with zero attached hydrogens (tertiary/aromatic N) is 2. The Morgan fingerprint density at radius 3 is 2.62 bits per heavy atom. The first-order valence-corrected chi connectivity index (χ1v) is 10.3. The molecule has 3 N–H and O–H groups in total. The molecule has 0 saturated heterocycles. The molecule has 1 aliphatic carbocycles. The van der Waals surface area contributed by atoms with Crippen molar-refractivity contribution in [1.29, 1.82) is 0 Å². The molecule has 3 rings (SSSR count). The summed E-state index contributed by atoms with van der Waals surface area (Å²) in [6, 6.07) is 6.11. The minimum Gasteiger partial charge on any atom is -0.392 e. The molecule has 2 amide bonds. The number of aliphatic hydroxyl groups is 1. The van der Waals surface area contributed by atoms with Gasteiger partial charge >= 0.3 is 6.03 Å². The summed E-state index contributed by atoms with van der Waals surface area (Å²) in [5.41, 5.74) is 3.55. The van der Waals surface area contributed by atoms with Crippen LogP contribution in [0.3, 0.4) is 0 Å². The number of aliphatic hydroxyl groups excluding tert-OH is 1. The van der Waals surface area contributed by atoms with Crippen molar-refractivity contribution in [1.82, 2.24) is 20.4 Å². The lowest BCUT2D eigenvalue weighted by Crippen LogP contribution is -2.46. The van der Waals surface area contributed by atoms with E-state index in [4.69, 9.17) is 0 Å². The molecule has 1 aliphatic rings. The van der Waals surface area contributed by atoms with Gasteiger partial charge in [0.05, 0.1) is 11.8 Å². The SMILES string of the molecule is CCn1nc(C)c(CNC(=O)NCC2(Cc3ccc(F)cc3)CCCC2O)c1C. The smallest absolute Gasteiger partial charge is 0.315 e. The summed E-state index contributed by atoms with van der Waals surface area (Å²) in [4.78, 5) is 12.4. The van der Waals surface area contributed by atoms with Crippen LogP contribution in [0.1, 0.15) is 48.7 Å². The van der Waals surface area contributed by atoms with Crippen molar-refractivity contribution in [2.45, 2.75) is 65.6 Å². The van der Waals surface area contributed by atoms with Crippen LogP contribution in [0.25, 0.3) is 0 Å². The molecule has 7 heteroatoms. The fourth-order valence-corrected chi connectivity index (χ4v) is 4.39. The van der Waals surface area contributed by atoms with Crippen LogP contribution in [0.5, 0.6) is 0 Å². The molecule has 1 aromatic heterocycles. The number of benzene rings is 1. The number of aromatic nitrogens is 2. The lowest BCUT2D eigenvalue weighted by Gasteiger charge is -2.33. The zero-order valence-electron chi connectivity index (χ0n) is 17.5. The van der Waals surface area contributed by atoms with Crippen molar-refractivity contribution >= 4 is 6.03 Å². The molecule has 1 heterocycles. The number of carbonyl (C=O) groups is 1. The van der Waals surface area contributed by atoms with Crippen LogP contribution in [0.15, 0.2) is 24.3 Å². The maximum absolute atomic E-state index is 13.2. The van der Waals surface area contributed by atoms with Crippen molar-refractivity contribution in [3.63, 3.8) is 0 Å². The molecule has 0 bridgehead atoms. The highest BCUT2D eigenvalue weighted by Crippen LogP contribution is 2.40. The van der Waals surface area contributed by atoms with Gasteiger partial charge in [-0.25, -0.2) is 9.18 Å². The van der Waals surface area contributed by atoms with E-state index in [1.807, 2.05) is 25.5 Å². The Hall–Kier alpha value is -2.41. The highest BCUT2D eigenvalue weighted by Gasteiger charge is 2.42. The first-order chi connectivity index (χ1) is 13.8. The van der Waals surface area contributed by atoms with E-state index in [-0.39, 0.29) is 11.8 Å². The molecule has 1 saturated carbocycles. The third-order valence-electron chi connectivity index (χ3n) is 6.19. The van der Waals surface area contributed by atoms with Crippen LogP contribution in [0, 0.1) is 25.1 Å². The van der Waals surface area contributed by atoms with E-state index in [1.54, 1.807) is 12.1 Å². The fourth-order valence-electron chi connectivity index (χ4n) is 4.39. The number of rotatable bonds is 7. The lowest BCUT2D eigenvalue weighted by molar-refractivity contribution is 0.0540. The molecule has 2 atom stereocenters. The molecule has 1 aromatic carbocycles. The third-order valence-corrected chi connectivity index (χ3v) is 6.19. The predicted molar refractivity (Wildman–Crippen MR) is 110 cm³/mol. The van der Waals surface area contributed by atoms with E-state index in [1.165, 1.54) is 12.1 Å². The first-order valence-electron chi connectivity index (χ1n) is 10.3. The maximum Gasteiger partial charge on any atom is 0.315 e. The molecule has 158 valence electrons. The van der Waals surface area contributed by atoms with Gasteiger partial charge in [-0.1, -0.05) is 18.6 Å². The van der Waals surface area contributed by atoms with Crippen molar-refractivity contribution in [3.05, 3.63) is 52.6 Å². The molecule has 2 unspecified atom stereocenters. The number of hydrogen-bond acceptors (Lipinski definition) is 3. The standard InChI is InChI=1S/C22H31FN4O2/c1-4-27-16(3)19(15(2)26-27)13-24-21(29)25-14-22(11-5-6-20(22)28)12-17-7-9-18(23)10-8-17/h7-10,20,28H,4-6,11-14H2,1-3H3,(H2,24,25,29). The monoisotopic (exact) mass is 402 g/mol. The van der Waals surface area contributed by atoms with Gasteiger partial charge in [0, 0.05) is 36.3 Å². The quantitative estimate of drug-likeness (QED) is 0.665. The molecule has 0 spiro atoms. The summed E-state index contributed by atoms with van der Waals surface area (Å²) in [5.74, 6) is -0.274. The fraction of sp³-hybridized carbons (Fsp3) is 0.545. The summed E-state index contributed by atoms with van der Waals surface area (Å²) in [5, 5.41) is 21.0. The second-order valence-electron chi connectivity index (χ2n) is 8.08. The van der Waals surface area contributed by atoms with E-state index in [0.29, 0.717) is 19.5 Å². The van der Waals surface area contributed by atoms with E-state index in [0.717, 1.165) is 48.3 Å². The van der Waals surface area contributed by atoms with Gasteiger partial charge in [0.25, 0.3) is 0 Å². The minimum absolute atomic E-state index is 0.259. The number of hydrogen-bond donors (Lipinski definition) is 3. The van der Waals surface area contributed by atoms with Crippen LogP contribution in [-0.2, 0) is 19.5 Å². The number of amides is 2. The van der Waals surface area contributed by atoms with Crippen molar-refractivity contribution < 1.29 is 14.3 Å². The van der Waals surface area contributed by atoms with E-state index < -0.39 is 11.5 Å². The average Bonchev–Trinajstić information content (AvgIpc) is 3.19. The Morgan fingerprint density at radius 2 is 2.03 bits per heavy atom. The van der Waals surface area contributed by atoms with Gasteiger partial charge in [-0.15, -0.1) is 0 Å². The maximum atomic E-state index is 13.2. The zero-order chi connectivity index (χ0) is 21.0. The molecule has 2 aromatic rings. The highest BCUT2D eigenvalue weighted by atomic mass is 19.1. The second kappa shape index (κ2) is 8.95. The van der Waals surface area contributed by atoms with Crippen molar-refractivity contribution in [2.75, 3.05) is 6.54 Å². The number of carbonyl (C=O) groups excluding carboxylic acids is 1. The van der Waals surface area contributed by atoms with Crippen molar-refractivity contribution in [2.24, 2.45) is 5.41 Å². The minimum atomic E-state index is -0.486. The van der Waals surface area contributed by atoms with Crippen LogP contribution >= 0.6 is 0 Å². The van der Waals surface area contributed by atoms with Gasteiger partial charge in [-0.3, -0.25) is 4.68 Å². The van der Waals surface area contributed by atoms with Crippen LogP contribution in [-0.4, -0.2) is 33.6 Å². The number of nitrogens with one attached hydrogen (secondary N) is 2. The Morgan fingerprint density at radius 1 is 1.31 bits per heavy atom. The Kier molecular flexibility index (Phi) is 6.57. The molecule has 1 fully saturated rings. The van der Waals surface area contributed by atoms with Gasteiger partial charge in [0.2, 0.25) is 0 Å². The summed E-state index contributed by atoms with van der Waals surface area (Å²) in [6.07, 6.45) is 2.59. The number of halogens is 1. The molecular weight excluding hydrogens is 371 g/mol. The van der Waals surface area contributed by atoms with Gasteiger partial charge in [0.1, 0.15) is 5.82 Å². The van der Waals surface area contributed by atoms with Gasteiger partial charge in [0.15, 0.2) is 0 Å². The Labute approximate surface area is 171 Å².